The first kappa shape index (κ1) is 14.7. The van der Waals surface area contributed by atoms with Gasteiger partial charge in [-0.1, -0.05) is 6.92 Å². The third kappa shape index (κ3) is 4.45. The second-order valence-electron chi connectivity index (χ2n) is 4.93. The number of carbonyl (C=O) groups excluding carboxylic acids is 1. The number of piperidine rings is 1. The van der Waals surface area contributed by atoms with E-state index in [0.29, 0.717) is 24.7 Å². The lowest BCUT2D eigenvalue weighted by molar-refractivity contribution is -0.126. The number of amides is 1. The van der Waals surface area contributed by atoms with Crippen molar-refractivity contribution in [2.75, 3.05) is 13.2 Å². The normalized spacial score (nSPS) is 30.8. The fourth-order valence-corrected chi connectivity index (χ4v) is 2.75. The topological polar surface area (TPSA) is 50.4 Å². The SMILES string of the molecule is CCCOCC(=O)NC1CC2CCC(C1)N2.Cl. The molecule has 4 nitrogen and oxygen atoms in total. The summed E-state index contributed by atoms with van der Waals surface area (Å²) in [6.45, 7) is 2.93. The molecule has 2 fully saturated rings. The van der Waals surface area contributed by atoms with E-state index in [4.69, 9.17) is 4.74 Å². The highest BCUT2D eigenvalue weighted by molar-refractivity contribution is 5.85. The van der Waals surface area contributed by atoms with E-state index in [1.165, 1.54) is 12.8 Å². The Morgan fingerprint density at radius 2 is 2.00 bits per heavy atom. The van der Waals surface area contributed by atoms with E-state index in [1.54, 1.807) is 0 Å². The van der Waals surface area contributed by atoms with Gasteiger partial charge in [-0.3, -0.25) is 4.79 Å². The average Bonchev–Trinajstić information content (AvgIpc) is 2.58. The molecule has 2 unspecified atom stereocenters. The molecule has 0 aromatic carbocycles. The predicted octanol–water partition coefficient (Wildman–Crippen LogP) is 1.23. The van der Waals surface area contributed by atoms with Gasteiger partial charge in [-0.15, -0.1) is 12.4 Å². The van der Waals surface area contributed by atoms with Gasteiger partial charge in [-0.25, -0.2) is 0 Å². The van der Waals surface area contributed by atoms with Crippen molar-refractivity contribution in [1.29, 1.82) is 0 Å². The van der Waals surface area contributed by atoms with Gasteiger partial charge in [0.1, 0.15) is 6.61 Å². The first-order valence-electron chi connectivity index (χ1n) is 6.41. The van der Waals surface area contributed by atoms with Crippen LogP contribution in [0.1, 0.15) is 39.0 Å². The molecule has 100 valence electrons. The maximum Gasteiger partial charge on any atom is 0.246 e. The molecular formula is C12H23ClN2O2. The molecule has 2 atom stereocenters. The number of carbonyl (C=O) groups is 1. The highest BCUT2D eigenvalue weighted by atomic mass is 35.5. The minimum atomic E-state index is 0. The molecule has 0 aliphatic carbocycles. The second-order valence-corrected chi connectivity index (χ2v) is 4.93. The van der Waals surface area contributed by atoms with Crippen LogP contribution in [0, 0.1) is 0 Å². The number of rotatable bonds is 5. The highest BCUT2D eigenvalue weighted by Crippen LogP contribution is 2.26. The second kappa shape index (κ2) is 7.19. The molecule has 2 aliphatic heterocycles. The Hall–Kier alpha value is -0.320. The molecule has 1 amide bonds. The molecule has 5 heteroatoms. The van der Waals surface area contributed by atoms with Crippen LogP contribution in [0.25, 0.3) is 0 Å². The zero-order valence-electron chi connectivity index (χ0n) is 10.4. The van der Waals surface area contributed by atoms with E-state index in [0.717, 1.165) is 19.3 Å². The van der Waals surface area contributed by atoms with Crippen molar-refractivity contribution in [2.45, 2.75) is 57.2 Å². The third-order valence-electron chi connectivity index (χ3n) is 3.42. The largest absolute Gasteiger partial charge is 0.372 e. The van der Waals surface area contributed by atoms with E-state index in [2.05, 4.69) is 10.6 Å². The Balaban J connectivity index is 0.00000144. The monoisotopic (exact) mass is 262 g/mol. The predicted molar refractivity (Wildman–Crippen MR) is 69.5 cm³/mol. The van der Waals surface area contributed by atoms with Crippen molar-refractivity contribution < 1.29 is 9.53 Å². The van der Waals surface area contributed by atoms with Crippen LogP contribution in [0.4, 0.5) is 0 Å². The molecule has 0 saturated carbocycles. The lowest BCUT2D eigenvalue weighted by Gasteiger charge is -2.29. The van der Waals surface area contributed by atoms with Gasteiger partial charge in [-0.2, -0.15) is 0 Å². The van der Waals surface area contributed by atoms with Crippen molar-refractivity contribution in [3.8, 4) is 0 Å². The molecule has 0 aromatic heterocycles. The van der Waals surface area contributed by atoms with Crippen LogP contribution in [0.15, 0.2) is 0 Å². The van der Waals surface area contributed by atoms with Crippen LogP contribution in [-0.4, -0.2) is 37.2 Å². The third-order valence-corrected chi connectivity index (χ3v) is 3.42. The lowest BCUT2D eigenvalue weighted by Crippen LogP contribution is -2.48. The van der Waals surface area contributed by atoms with E-state index in [-0.39, 0.29) is 24.9 Å². The standard InChI is InChI=1S/C12H22N2O2.ClH/c1-2-5-16-8-12(15)14-11-6-9-3-4-10(7-11)13-9;/h9-11,13H,2-8H2,1H3,(H,14,15);1H. The van der Waals surface area contributed by atoms with Crippen molar-refractivity contribution in [3.05, 3.63) is 0 Å². The molecular weight excluding hydrogens is 240 g/mol. The minimum absolute atomic E-state index is 0. The van der Waals surface area contributed by atoms with E-state index < -0.39 is 0 Å². The van der Waals surface area contributed by atoms with Crippen molar-refractivity contribution in [3.63, 3.8) is 0 Å². The quantitative estimate of drug-likeness (QED) is 0.733. The van der Waals surface area contributed by atoms with Gasteiger partial charge in [0.05, 0.1) is 0 Å². The lowest BCUT2D eigenvalue weighted by atomic mass is 10.00. The Morgan fingerprint density at radius 3 is 2.59 bits per heavy atom. The summed E-state index contributed by atoms with van der Waals surface area (Å²) >= 11 is 0. The maximum atomic E-state index is 11.6. The summed E-state index contributed by atoms with van der Waals surface area (Å²) in [6.07, 6.45) is 5.66. The molecule has 2 N–H and O–H groups in total. The van der Waals surface area contributed by atoms with Gasteiger partial charge in [0, 0.05) is 24.7 Å². The summed E-state index contributed by atoms with van der Waals surface area (Å²) in [7, 11) is 0. The van der Waals surface area contributed by atoms with Gasteiger partial charge in [0.25, 0.3) is 0 Å². The Labute approximate surface area is 109 Å². The van der Waals surface area contributed by atoms with Gasteiger partial charge in [0.2, 0.25) is 5.91 Å². The van der Waals surface area contributed by atoms with Crippen LogP contribution >= 0.6 is 12.4 Å². The van der Waals surface area contributed by atoms with Crippen LogP contribution in [0.5, 0.6) is 0 Å². The summed E-state index contributed by atoms with van der Waals surface area (Å²) in [6, 6.07) is 1.61. The summed E-state index contributed by atoms with van der Waals surface area (Å²) in [5.41, 5.74) is 0. The fraction of sp³-hybridized carbons (Fsp3) is 0.917. The molecule has 2 saturated heterocycles. The molecule has 17 heavy (non-hydrogen) atoms. The zero-order valence-corrected chi connectivity index (χ0v) is 11.2. The van der Waals surface area contributed by atoms with Crippen LogP contribution in [-0.2, 0) is 9.53 Å². The first-order chi connectivity index (χ1) is 7.78. The van der Waals surface area contributed by atoms with Crippen LogP contribution in [0.2, 0.25) is 0 Å². The average molecular weight is 263 g/mol. The van der Waals surface area contributed by atoms with Crippen molar-refractivity contribution in [2.24, 2.45) is 0 Å². The van der Waals surface area contributed by atoms with E-state index >= 15 is 0 Å². The summed E-state index contributed by atoms with van der Waals surface area (Å²) in [4.78, 5) is 11.6. The summed E-state index contributed by atoms with van der Waals surface area (Å²) < 4.78 is 5.23. The maximum absolute atomic E-state index is 11.6. The molecule has 0 aromatic rings. The fourth-order valence-electron chi connectivity index (χ4n) is 2.75. The Kier molecular flexibility index (Phi) is 6.23. The molecule has 0 spiro atoms. The van der Waals surface area contributed by atoms with E-state index in [9.17, 15) is 4.79 Å². The molecule has 2 bridgehead atoms. The number of hydrogen-bond donors (Lipinski definition) is 2. The summed E-state index contributed by atoms with van der Waals surface area (Å²) in [5, 5.41) is 6.64. The molecule has 2 rings (SSSR count). The number of nitrogens with one attached hydrogen (secondary N) is 2. The number of halogens is 1. The zero-order chi connectivity index (χ0) is 11.4. The number of fused-ring (bicyclic) bond motifs is 2. The number of hydrogen-bond acceptors (Lipinski definition) is 3. The first-order valence-corrected chi connectivity index (χ1v) is 6.41. The van der Waals surface area contributed by atoms with Gasteiger partial charge >= 0.3 is 0 Å². The molecule has 2 aliphatic rings. The minimum Gasteiger partial charge on any atom is -0.372 e. The van der Waals surface area contributed by atoms with Crippen LogP contribution < -0.4 is 10.6 Å². The van der Waals surface area contributed by atoms with Crippen LogP contribution in [0.3, 0.4) is 0 Å². The Bertz CT molecular complexity index is 239. The molecule has 2 heterocycles. The molecule has 0 radical (unpaired) electrons. The highest BCUT2D eigenvalue weighted by Gasteiger charge is 2.33. The van der Waals surface area contributed by atoms with Crippen molar-refractivity contribution >= 4 is 18.3 Å². The van der Waals surface area contributed by atoms with Gasteiger partial charge < -0.3 is 15.4 Å². The van der Waals surface area contributed by atoms with E-state index in [1.807, 2.05) is 6.92 Å². The van der Waals surface area contributed by atoms with Gasteiger partial charge in [-0.05, 0) is 32.1 Å². The van der Waals surface area contributed by atoms with Gasteiger partial charge in [0.15, 0.2) is 0 Å². The summed E-state index contributed by atoms with van der Waals surface area (Å²) in [5.74, 6) is 0.0414. The van der Waals surface area contributed by atoms with Crippen molar-refractivity contribution in [1.82, 2.24) is 10.6 Å². The Morgan fingerprint density at radius 1 is 1.35 bits per heavy atom. The smallest absolute Gasteiger partial charge is 0.246 e. The number of ether oxygens (including phenoxy) is 1.